The first-order chi connectivity index (χ1) is 12.1. The van der Waals surface area contributed by atoms with E-state index in [0.29, 0.717) is 6.54 Å². The molecule has 8 heteroatoms. The van der Waals surface area contributed by atoms with Crippen LogP contribution < -0.4 is 5.32 Å². The Morgan fingerprint density at radius 1 is 1.28 bits per heavy atom. The van der Waals surface area contributed by atoms with Gasteiger partial charge in [0.15, 0.2) is 0 Å². The van der Waals surface area contributed by atoms with E-state index in [1.165, 1.54) is 12.1 Å². The largest absolute Gasteiger partial charge is 0.312 e. The third-order valence-corrected chi connectivity index (χ3v) is 3.87. The van der Waals surface area contributed by atoms with Gasteiger partial charge >= 0.3 is 0 Å². The van der Waals surface area contributed by atoms with Crippen LogP contribution in [0.5, 0.6) is 0 Å². The van der Waals surface area contributed by atoms with Crippen LogP contribution >= 0.6 is 0 Å². The summed E-state index contributed by atoms with van der Waals surface area (Å²) < 4.78 is 3.67. The molecule has 0 fully saturated rings. The molecule has 0 aliphatic rings. The molecule has 3 rings (SSSR count). The van der Waals surface area contributed by atoms with Gasteiger partial charge in [-0.3, -0.25) is 19.5 Å². The summed E-state index contributed by atoms with van der Waals surface area (Å²) >= 11 is 0. The first-order valence-electron chi connectivity index (χ1n) is 8.09. The minimum atomic E-state index is -0.399. The Bertz CT molecular complexity index is 823. The number of nitro groups is 1. The lowest BCUT2D eigenvalue weighted by Gasteiger charge is -2.06. The van der Waals surface area contributed by atoms with Crippen LogP contribution in [0.2, 0.25) is 0 Å². The van der Waals surface area contributed by atoms with E-state index < -0.39 is 4.92 Å². The van der Waals surface area contributed by atoms with E-state index in [2.05, 4.69) is 15.5 Å². The molecule has 1 aromatic carbocycles. The molecule has 0 aliphatic heterocycles. The molecule has 2 aromatic heterocycles. The Balaban J connectivity index is 1.59. The van der Waals surface area contributed by atoms with E-state index in [9.17, 15) is 10.1 Å². The quantitative estimate of drug-likeness (QED) is 0.386. The molecular formula is C17H20N6O2. The number of hydrogen-bond donors (Lipinski definition) is 1. The summed E-state index contributed by atoms with van der Waals surface area (Å²) in [4.78, 5) is 10.4. The fourth-order valence-corrected chi connectivity index (χ4v) is 2.67. The molecule has 0 radical (unpaired) electrons. The van der Waals surface area contributed by atoms with E-state index in [1.54, 1.807) is 23.0 Å². The first kappa shape index (κ1) is 16.8. The predicted octanol–water partition coefficient (Wildman–Crippen LogP) is 2.37. The number of nitrogens with zero attached hydrogens (tertiary/aromatic N) is 5. The number of aryl methyl sites for hydroxylation is 2. The monoisotopic (exact) mass is 340 g/mol. The highest BCUT2D eigenvalue weighted by molar-refractivity contribution is 5.64. The number of hydrogen-bond acceptors (Lipinski definition) is 5. The zero-order chi connectivity index (χ0) is 17.6. The van der Waals surface area contributed by atoms with E-state index in [4.69, 9.17) is 0 Å². The second-order valence-corrected chi connectivity index (χ2v) is 5.78. The Labute approximate surface area is 145 Å². The van der Waals surface area contributed by atoms with Gasteiger partial charge in [-0.15, -0.1) is 0 Å². The molecule has 0 saturated heterocycles. The van der Waals surface area contributed by atoms with Crippen molar-refractivity contribution in [2.75, 3.05) is 6.54 Å². The van der Waals surface area contributed by atoms with Gasteiger partial charge in [0, 0.05) is 62.0 Å². The minimum Gasteiger partial charge on any atom is -0.312 e. The first-order valence-corrected chi connectivity index (χ1v) is 8.09. The van der Waals surface area contributed by atoms with E-state index >= 15 is 0 Å². The topological polar surface area (TPSA) is 90.8 Å². The summed E-state index contributed by atoms with van der Waals surface area (Å²) in [5.74, 6) is 0. The molecule has 0 bridgehead atoms. The number of nitrogens with one attached hydrogen (secondary N) is 1. The molecule has 0 amide bonds. The smallest absolute Gasteiger partial charge is 0.269 e. The average molecular weight is 340 g/mol. The van der Waals surface area contributed by atoms with Crippen molar-refractivity contribution in [3.63, 3.8) is 0 Å². The number of benzene rings is 1. The molecule has 3 aromatic rings. The lowest BCUT2D eigenvalue weighted by atomic mass is 10.1. The fraction of sp³-hybridized carbons (Fsp3) is 0.294. The third-order valence-electron chi connectivity index (χ3n) is 3.87. The van der Waals surface area contributed by atoms with E-state index in [1.807, 2.05) is 30.2 Å². The lowest BCUT2D eigenvalue weighted by Crippen LogP contribution is -2.16. The summed E-state index contributed by atoms with van der Waals surface area (Å²) in [7, 11) is 1.87. The van der Waals surface area contributed by atoms with Gasteiger partial charge in [0.05, 0.1) is 10.6 Å². The summed E-state index contributed by atoms with van der Waals surface area (Å²) in [6, 6.07) is 8.40. The van der Waals surface area contributed by atoms with Crippen molar-refractivity contribution < 1.29 is 4.92 Å². The Hall–Kier alpha value is -3.00. The molecule has 0 unspecified atom stereocenters. The Morgan fingerprint density at radius 3 is 2.76 bits per heavy atom. The Kier molecular flexibility index (Phi) is 5.20. The van der Waals surface area contributed by atoms with Gasteiger partial charge in [-0.25, -0.2) is 0 Å². The van der Waals surface area contributed by atoms with Gasteiger partial charge in [0.2, 0.25) is 0 Å². The number of non-ortho nitro benzene ring substituents is 1. The van der Waals surface area contributed by atoms with Crippen LogP contribution in [0.1, 0.15) is 12.0 Å². The van der Waals surface area contributed by atoms with Crippen molar-refractivity contribution >= 4 is 5.69 Å². The number of nitro benzene ring substituents is 1. The molecule has 0 saturated carbocycles. The zero-order valence-electron chi connectivity index (χ0n) is 14.0. The maximum atomic E-state index is 10.8. The molecule has 1 N–H and O–H groups in total. The van der Waals surface area contributed by atoms with Crippen molar-refractivity contribution in [2.45, 2.75) is 19.5 Å². The van der Waals surface area contributed by atoms with Crippen LogP contribution in [-0.2, 0) is 20.1 Å². The fourth-order valence-electron chi connectivity index (χ4n) is 2.67. The van der Waals surface area contributed by atoms with Gasteiger partial charge < -0.3 is 5.32 Å². The van der Waals surface area contributed by atoms with Crippen molar-refractivity contribution in [3.05, 3.63) is 64.6 Å². The van der Waals surface area contributed by atoms with Crippen LogP contribution in [-0.4, -0.2) is 31.0 Å². The summed E-state index contributed by atoms with van der Waals surface area (Å²) in [5, 5.41) is 22.9. The SMILES string of the molecule is Cn1cc(CNCCCn2cccn2)c(-c2ccc([N+](=O)[O-])cc2)n1. The number of aromatic nitrogens is 4. The lowest BCUT2D eigenvalue weighted by molar-refractivity contribution is -0.384. The third kappa shape index (κ3) is 4.30. The molecule has 25 heavy (non-hydrogen) atoms. The van der Waals surface area contributed by atoms with Gasteiger partial charge in [0.25, 0.3) is 5.69 Å². The van der Waals surface area contributed by atoms with Crippen LogP contribution in [0, 0.1) is 10.1 Å². The number of rotatable bonds is 8. The van der Waals surface area contributed by atoms with Gasteiger partial charge in [-0.1, -0.05) is 0 Å². The highest BCUT2D eigenvalue weighted by Gasteiger charge is 2.12. The predicted molar refractivity (Wildman–Crippen MR) is 93.8 cm³/mol. The van der Waals surface area contributed by atoms with Gasteiger partial charge in [-0.2, -0.15) is 10.2 Å². The highest BCUT2D eigenvalue weighted by Crippen LogP contribution is 2.24. The standard InChI is InChI=1S/C17H20N6O2/c1-21-13-15(12-18-8-2-10-22-11-3-9-19-22)17(20-21)14-4-6-16(7-5-14)23(24)25/h3-7,9,11,13,18H,2,8,10,12H2,1H3. The maximum Gasteiger partial charge on any atom is 0.269 e. The molecule has 8 nitrogen and oxygen atoms in total. The summed E-state index contributed by atoms with van der Waals surface area (Å²) in [6.45, 7) is 2.44. The normalized spacial score (nSPS) is 10.9. The van der Waals surface area contributed by atoms with Crippen LogP contribution in [0.3, 0.4) is 0 Å². The van der Waals surface area contributed by atoms with Crippen molar-refractivity contribution in [1.29, 1.82) is 0 Å². The molecule has 130 valence electrons. The van der Waals surface area contributed by atoms with Crippen LogP contribution in [0.15, 0.2) is 48.9 Å². The molecule has 0 aliphatic carbocycles. The maximum absolute atomic E-state index is 10.8. The molecular weight excluding hydrogens is 320 g/mol. The van der Waals surface area contributed by atoms with E-state index in [-0.39, 0.29) is 5.69 Å². The van der Waals surface area contributed by atoms with Crippen LogP contribution in [0.25, 0.3) is 11.3 Å². The van der Waals surface area contributed by atoms with Crippen molar-refractivity contribution in [2.24, 2.45) is 7.05 Å². The van der Waals surface area contributed by atoms with Crippen LogP contribution in [0.4, 0.5) is 5.69 Å². The second kappa shape index (κ2) is 7.71. The molecule has 0 spiro atoms. The highest BCUT2D eigenvalue weighted by atomic mass is 16.6. The van der Waals surface area contributed by atoms with Crippen molar-refractivity contribution in [3.8, 4) is 11.3 Å². The molecule has 0 atom stereocenters. The Morgan fingerprint density at radius 2 is 2.08 bits per heavy atom. The zero-order valence-corrected chi connectivity index (χ0v) is 14.0. The van der Waals surface area contributed by atoms with Gasteiger partial charge in [-0.05, 0) is 31.2 Å². The summed E-state index contributed by atoms with van der Waals surface area (Å²) in [5.41, 5.74) is 2.87. The van der Waals surface area contributed by atoms with E-state index in [0.717, 1.165) is 36.3 Å². The average Bonchev–Trinajstić information content (AvgIpc) is 3.24. The second-order valence-electron chi connectivity index (χ2n) is 5.78. The minimum absolute atomic E-state index is 0.0815. The summed E-state index contributed by atoms with van der Waals surface area (Å²) in [6.07, 6.45) is 6.68. The van der Waals surface area contributed by atoms with Crippen molar-refractivity contribution in [1.82, 2.24) is 24.9 Å². The molecule has 2 heterocycles. The van der Waals surface area contributed by atoms with Gasteiger partial charge in [0.1, 0.15) is 0 Å².